The highest BCUT2D eigenvalue weighted by molar-refractivity contribution is 7.91. The quantitative estimate of drug-likeness (QED) is 0.616. The van der Waals surface area contributed by atoms with Crippen LogP contribution in [0.15, 0.2) is 21.7 Å². The van der Waals surface area contributed by atoms with E-state index >= 15 is 0 Å². The van der Waals surface area contributed by atoms with Crippen molar-refractivity contribution in [3.8, 4) is 0 Å². The fourth-order valence-electron chi connectivity index (χ4n) is 2.44. The number of rotatable bonds is 11. The highest BCUT2D eigenvalue weighted by Crippen LogP contribution is 2.15. The van der Waals surface area contributed by atoms with Gasteiger partial charge in [-0.05, 0) is 31.2 Å². The van der Waals surface area contributed by atoms with E-state index in [2.05, 4.69) is 18.6 Å². The zero-order valence-corrected chi connectivity index (χ0v) is 15.9. The Morgan fingerprint density at radius 3 is 2.61 bits per heavy atom. The van der Waals surface area contributed by atoms with Gasteiger partial charge in [-0.3, -0.25) is 4.79 Å². The normalized spacial score (nSPS) is 13.0. The van der Waals surface area contributed by atoms with E-state index in [0.717, 1.165) is 43.4 Å². The molecule has 1 atom stereocenters. The van der Waals surface area contributed by atoms with Crippen molar-refractivity contribution < 1.29 is 13.2 Å². The van der Waals surface area contributed by atoms with E-state index in [0.29, 0.717) is 6.54 Å². The van der Waals surface area contributed by atoms with Crippen molar-refractivity contribution >= 4 is 27.3 Å². The van der Waals surface area contributed by atoms with Crippen molar-refractivity contribution in [1.29, 1.82) is 0 Å². The highest BCUT2D eigenvalue weighted by Gasteiger charge is 2.22. The molecule has 0 saturated heterocycles. The zero-order valence-electron chi connectivity index (χ0n) is 14.2. The maximum atomic E-state index is 12.5. The van der Waals surface area contributed by atoms with Gasteiger partial charge < -0.3 is 4.90 Å². The first-order valence-corrected chi connectivity index (χ1v) is 10.6. The van der Waals surface area contributed by atoms with Gasteiger partial charge >= 0.3 is 0 Å². The monoisotopic (exact) mass is 360 g/mol. The number of hydrogen-bond donors (Lipinski definition) is 1. The van der Waals surface area contributed by atoms with Gasteiger partial charge in [0, 0.05) is 12.6 Å². The summed E-state index contributed by atoms with van der Waals surface area (Å²) >= 11 is 1.15. The average Bonchev–Trinajstić information content (AvgIpc) is 3.05. The molecule has 1 rings (SSSR count). The van der Waals surface area contributed by atoms with Gasteiger partial charge in [-0.1, -0.05) is 39.2 Å². The molecule has 0 radical (unpaired) electrons. The molecule has 0 aromatic carbocycles. The number of nitrogens with zero attached hydrogens (tertiary/aromatic N) is 1. The molecular weight excluding hydrogens is 332 g/mol. The molecule has 1 unspecified atom stereocenters. The Bertz CT molecular complexity index is 556. The van der Waals surface area contributed by atoms with E-state index in [-0.39, 0.29) is 22.7 Å². The Morgan fingerprint density at radius 1 is 1.30 bits per heavy atom. The van der Waals surface area contributed by atoms with Gasteiger partial charge in [-0.2, -0.15) is 0 Å². The number of nitrogens with one attached hydrogen (secondary N) is 1. The van der Waals surface area contributed by atoms with Gasteiger partial charge in [-0.15, -0.1) is 11.3 Å². The Balaban J connectivity index is 2.65. The summed E-state index contributed by atoms with van der Waals surface area (Å²) in [6, 6.07) is 3.35. The summed E-state index contributed by atoms with van der Waals surface area (Å²) < 4.78 is 26.9. The molecule has 0 aliphatic carbocycles. The van der Waals surface area contributed by atoms with E-state index in [4.69, 9.17) is 0 Å². The van der Waals surface area contributed by atoms with Crippen LogP contribution in [0.2, 0.25) is 0 Å². The maximum absolute atomic E-state index is 12.5. The predicted octanol–water partition coefficient (Wildman–Crippen LogP) is 3.23. The lowest BCUT2D eigenvalue weighted by atomic mass is 10.1. The zero-order chi connectivity index (χ0) is 17.3. The fourth-order valence-corrected chi connectivity index (χ4v) is 4.45. The summed E-state index contributed by atoms with van der Waals surface area (Å²) in [6.45, 7) is 6.75. The fraction of sp³-hybridized carbons (Fsp3) is 0.688. The van der Waals surface area contributed by atoms with Crippen LogP contribution >= 0.6 is 11.3 Å². The summed E-state index contributed by atoms with van der Waals surface area (Å²) in [5.74, 6) is -0.151. The second kappa shape index (κ2) is 10.1. The molecule has 1 N–H and O–H groups in total. The third-order valence-electron chi connectivity index (χ3n) is 3.73. The van der Waals surface area contributed by atoms with Crippen LogP contribution in [0.4, 0.5) is 0 Å². The number of carbonyl (C=O) groups excluding carboxylic acids is 1. The van der Waals surface area contributed by atoms with Crippen molar-refractivity contribution in [3.05, 3.63) is 17.5 Å². The molecule has 0 bridgehead atoms. The minimum absolute atomic E-state index is 0.135. The minimum atomic E-state index is -3.59. The number of thiophene rings is 1. The summed E-state index contributed by atoms with van der Waals surface area (Å²) in [7, 11) is -3.59. The lowest BCUT2D eigenvalue weighted by molar-refractivity contribution is -0.132. The van der Waals surface area contributed by atoms with Gasteiger partial charge in [-0.25, -0.2) is 13.1 Å². The van der Waals surface area contributed by atoms with Gasteiger partial charge in [0.25, 0.3) is 10.0 Å². The van der Waals surface area contributed by atoms with Gasteiger partial charge in [0.1, 0.15) is 4.21 Å². The minimum Gasteiger partial charge on any atom is -0.339 e. The van der Waals surface area contributed by atoms with Gasteiger partial charge in [0.15, 0.2) is 0 Å². The molecule has 132 valence electrons. The summed E-state index contributed by atoms with van der Waals surface area (Å²) in [4.78, 5) is 14.3. The van der Waals surface area contributed by atoms with E-state index in [1.54, 1.807) is 11.4 Å². The number of sulfonamides is 1. The summed E-state index contributed by atoms with van der Waals surface area (Å²) in [5.41, 5.74) is 0. The van der Waals surface area contributed by atoms with Crippen LogP contribution in [0.5, 0.6) is 0 Å². The smallest absolute Gasteiger partial charge is 0.250 e. The SMILES string of the molecule is CCCCCN(C(=O)CNS(=O)(=O)c1cccs1)C(C)CCC. The van der Waals surface area contributed by atoms with Crippen molar-refractivity contribution in [2.24, 2.45) is 0 Å². The van der Waals surface area contributed by atoms with Crippen LogP contribution in [-0.2, 0) is 14.8 Å². The topological polar surface area (TPSA) is 66.5 Å². The van der Waals surface area contributed by atoms with Gasteiger partial charge in [0.2, 0.25) is 5.91 Å². The molecule has 1 aromatic rings. The highest BCUT2D eigenvalue weighted by atomic mass is 32.2. The number of carbonyl (C=O) groups is 1. The Kier molecular flexibility index (Phi) is 8.79. The first-order chi connectivity index (χ1) is 10.9. The maximum Gasteiger partial charge on any atom is 0.250 e. The van der Waals surface area contributed by atoms with Crippen LogP contribution < -0.4 is 4.72 Å². The number of unbranched alkanes of at least 4 members (excludes halogenated alkanes) is 2. The van der Waals surface area contributed by atoms with E-state index in [9.17, 15) is 13.2 Å². The molecule has 0 spiro atoms. The summed E-state index contributed by atoms with van der Waals surface area (Å²) in [6.07, 6.45) is 5.04. The average molecular weight is 361 g/mol. The third-order valence-corrected chi connectivity index (χ3v) is 6.53. The van der Waals surface area contributed by atoms with Crippen LogP contribution in [-0.4, -0.2) is 38.4 Å². The third kappa shape index (κ3) is 6.61. The Morgan fingerprint density at radius 2 is 2.04 bits per heavy atom. The molecular formula is C16H28N2O3S2. The van der Waals surface area contributed by atoms with Crippen molar-refractivity contribution in [3.63, 3.8) is 0 Å². The molecule has 23 heavy (non-hydrogen) atoms. The van der Waals surface area contributed by atoms with Crippen LogP contribution in [0.3, 0.4) is 0 Å². The predicted molar refractivity (Wildman–Crippen MR) is 95.1 cm³/mol. The Hall–Kier alpha value is -0.920. The molecule has 0 saturated carbocycles. The summed E-state index contributed by atoms with van der Waals surface area (Å²) in [5, 5.41) is 1.71. The molecule has 0 fully saturated rings. The molecule has 1 heterocycles. The molecule has 1 amide bonds. The van der Waals surface area contributed by atoms with Crippen LogP contribution in [0.25, 0.3) is 0 Å². The van der Waals surface area contributed by atoms with Crippen molar-refractivity contribution in [2.45, 2.75) is 63.1 Å². The molecule has 0 aliphatic heterocycles. The Labute approximate surface area is 144 Å². The number of amides is 1. The molecule has 1 aromatic heterocycles. The first-order valence-electron chi connectivity index (χ1n) is 8.25. The molecule has 5 nitrogen and oxygen atoms in total. The lowest BCUT2D eigenvalue weighted by Gasteiger charge is -2.29. The largest absolute Gasteiger partial charge is 0.339 e. The second-order valence-electron chi connectivity index (χ2n) is 5.69. The second-order valence-corrected chi connectivity index (χ2v) is 8.63. The van der Waals surface area contributed by atoms with E-state index in [1.807, 2.05) is 11.8 Å². The van der Waals surface area contributed by atoms with E-state index < -0.39 is 10.0 Å². The molecule has 7 heteroatoms. The van der Waals surface area contributed by atoms with Crippen molar-refractivity contribution in [2.75, 3.05) is 13.1 Å². The van der Waals surface area contributed by atoms with E-state index in [1.165, 1.54) is 6.07 Å². The molecule has 0 aliphatic rings. The lowest BCUT2D eigenvalue weighted by Crippen LogP contribution is -2.45. The first kappa shape index (κ1) is 20.1. The van der Waals surface area contributed by atoms with Crippen molar-refractivity contribution in [1.82, 2.24) is 9.62 Å². The standard InChI is InChI=1S/C16H28N2O3S2/c1-4-6-7-11-18(14(3)9-5-2)15(19)13-17-23(20,21)16-10-8-12-22-16/h8,10,12,14,17H,4-7,9,11,13H2,1-3H3. The number of hydrogen-bond acceptors (Lipinski definition) is 4. The van der Waals surface area contributed by atoms with Crippen LogP contribution in [0.1, 0.15) is 52.9 Å². The van der Waals surface area contributed by atoms with Gasteiger partial charge in [0.05, 0.1) is 6.54 Å². The van der Waals surface area contributed by atoms with Crippen LogP contribution in [0, 0.1) is 0 Å².